The lowest BCUT2D eigenvalue weighted by Gasteiger charge is -2.28. The second-order valence-electron chi connectivity index (χ2n) is 6.01. The van der Waals surface area contributed by atoms with E-state index in [1.54, 1.807) is 0 Å². The first-order valence-corrected chi connectivity index (χ1v) is 9.95. The van der Waals surface area contributed by atoms with Crippen molar-refractivity contribution in [2.45, 2.75) is 44.2 Å². The maximum atomic E-state index is 12.1. The fraction of sp³-hybridized carbons (Fsp3) is 0.750. The van der Waals surface area contributed by atoms with Gasteiger partial charge in [0.2, 0.25) is 26.2 Å². The van der Waals surface area contributed by atoms with Crippen LogP contribution in [0.1, 0.15) is 32.1 Å². The fourth-order valence-electron chi connectivity index (χ4n) is 3.25. The van der Waals surface area contributed by atoms with Gasteiger partial charge in [0.05, 0.1) is 6.26 Å². The molecule has 1 aromatic heterocycles. The number of rotatable bonds is 5. The maximum absolute atomic E-state index is 12.1. The van der Waals surface area contributed by atoms with Gasteiger partial charge in [0.15, 0.2) is 0 Å². The Morgan fingerprint density at radius 3 is 2.55 bits per heavy atom. The number of anilines is 2. The average Bonchev–Trinajstić information content (AvgIpc) is 2.94. The smallest absolute Gasteiger partial charge is 0.231 e. The van der Waals surface area contributed by atoms with E-state index >= 15 is 0 Å². The van der Waals surface area contributed by atoms with E-state index in [1.165, 1.54) is 12.8 Å². The summed E-state index contributed by atoms with van der Waals surface area (Å²) in [5.41, 5.74) is 0. The van der Waals surface area contributed by atoms with Crippen LogP contribution in [0.3, 0.4) is 0 Å². The largest absolute Gasteiger partial charge is 0.311 e. The number of sulfonamides is 1. The molecule has 2 aliphatic rings. The third-order valence-electron chi connectivity index (χ3n) is 3.99. The lowest BCUT2D eigenvalue weighted by atomic mass is 9.89. The summed E-state index contributed by atoms with van der Waals surface area (Å²) in [4.78, 5) is 12.1. The van der Waals surface area contributed by atoms with Crippen molar-refractivity contribution in [1.82, 2.24) is 15.5 Å². The predicted molar refractivity (Wildman–Crippen MR) is 84.3 cm³/mol. The molecule has 2 atom stereocenters. The molecule has 122 valence electrons. The van der Waals surface area contributed by atoms with Crippen molar-refractivity contribution in [3.63, 3.8) is 0 Å². The van der Waals surface area contributed by atoms with Crippen molar-refractivity contribution in [3.8, 4) is 0 Å². The van der Waals surface area contributed by atoms with Crippen LogP contribution in [0.25, 0.3) is 0 Å². The topological polar surface area (TPSA) is 113 Å². The molecule has 22 heavy (non-hydrogen) atoms. The zero-order valence-electron chi connectivity index (χ0n) is 12.2. The van der Waals surface area contributed by atoms with Crippen molar-refractivity contribution in [1.29, 1.82) is 0 Å². The third-order valence-corrected chi connectivity index (χ3v) is 5.44. The number of carbonyl (C=O) groups excluding carboxylic acids is 1. The van der Waals surface area contributed by atoms with Crippen LogP contribution < -0.4 is 15.4 Å². The number of hydrogen-bond donors (Lipinski definition) is 3. The molecule has 0 radical (unpaired) electrons. The van der Waals surface area contributed by atoms with Gasteiger partial charge in [-0.25, -0.2) is 8.42 Å². The standard InChI is InChI=1S/C12H19N5O3S2/c1-22(19,20)17-12-16-15-11(21-12)14-10(18)6-7-4-8-2-3-9(5-7)13-8/h7-9,13H,2-6H2,1H3,(H,16,17)(H,14,15,18). The first-order chi connectivity index (χ1) is 10.4. The van der Waals surface area contributed by atoms with Crippen LogP contribution in [0.4, 0.5) is 10.3 Å². The monoisotopic (exact) mass is 345 g/mol. The zero-order chi connectivity index (χ0) is 15.7. The van der Waals surface area contributed by atoms with Gasteiger partial charge in [-0.3, -0.25) is 9.52 Å². The number of aromatic nitrogens is 2. The fourth-order valence-corrected chi connectivity index (χ4v) is 4.74. The van der Waals surface area contributed by atoms with Crippen molar-refractivity contribution in [2.24, 2.45) is 5.92 Å². The van der Waals surface area contributed by atoms with Gasteiger partial charge in [-0.15, -0.1) is 10.2 Å². The molecule has 3 N–H and O–H groups in total. The summed E-state index contributed by atoms with van der Waals surface area (Å²) in [5, 5.41) is 14.2. The minimum atomic E-state index is -3.38. The first kappa shape index (κ1) is 15.6. The summed E-state index contributed by atoms with van der Waals surface area (Å²) in [6.07, 6.45) is 6.02. The Bertz CT molecular complexity index is 647. The number of amides is 1. The molecule has 0 aromatic carbocycles. The molecule has 8 nitrogen and oxygen atoms in total. The van der Waals surface area contributed by atoms with Crippen LogP contribution >= 0.6 is 11.3 Å². The lowest BCUT2D eigenvalue weighted by Crippen LogP contribution is -2.39. The second kappa shape index (κ2) is 6.09. The van der Waals surface area contributed by atoms with E-state index in [0.717, 1.165) is 30.4 Å². The first-order valence-electron chi connectivity index (χ1n) is 7.24. The molecule has 2 fully saturated rings. The molecule has 1 aromatic rings. The number of nitrogens with zero attached hydrogens (tertiary/aromatic N) is 2. The summed E-state index contributed by atoms with van der Waals surface area (Å²) in [6.45, 7) is 0. The molecule has 2 unspecified atom stereocenters. The van der Waals surface area contributed by atoms with Gasteiger partial charge in [-0.1, -0.05) is 11.3 Å². The highest BCUT2D eigenvalue weighted by atomic mass is 32.2. The summed E-state index contributed by atoms with van der Waals surface area (Å²) < 4.78 is 24.4. The van der Waals surface area contributed by atoms with Crippen LogP contribution in [-0.2, 0) is 14.8 Å². The Kier molecular flexibility index (Phi) is 4.33. The van der Waals surface area contributed by atoms with Gasteiger partial charge >= 0.3 is 0 Å². The second-order valence-corrected chi connectivity index (χ2v) is 8.74. The zero-order valence-corrected chi connectivity index (χ0v) is 13.8. The normalized spacial score (nSPS) is 27.6. The van der Waals surface area contributed by atoms with Gasteiger partial charge in [0.25, 0.3) is 0 Å². The molecule has 3 heterocycles. The van der Waals surface area contributed by atoms with E-state index in [0.29, 0.717) is 29.6 Å². The van der Waals surface area contributed by atoms with Crippen LogP contribution in [0.15, 0.2) is 0 Å². The molecule has 0 spiro atoms. The third kappa shape index (κ3) is 4.14. The van der Waals surface area contributed by atoms with Crippen LogP contribution in [-0.4, -0.2) is 42.9 Å². The Labute approximate surface area is 133 Å². The predicted octanol–water partition coefficient (Wildman–Crippen LogP) is 0.769. The van der Waals surface area contributed by atoms with Crippen LogP contribution in [0.2, 0.25) is 0 Å². The van der Waals surface area contributed by atoms with E-state index in [9.17, 15) is 13.2 Å². The van der Waals surface area contributed by atoms with E-state index < -0.39 is 10.0 Å². The van der Waals surface area contributed by atoms with E-state index in [4.69, 9.17) is 0 Å². The number of carbonyl (C=O) groups is 1. The Hall–Kier alpha value is -1.26. The maximum Gasteiger partial charge on any atom is 0.231 e. The van der Waals surface area contributed by atoms with Crippen molar-refractivity contribution in [3.05, 3.63) is 0 Å². The minimum absolute atomic E-state index is 0.0895. The molecule has 0 aliphatic carbocycles. The molecule has 1 amide bonds. The minimum Gasteiger partial charge on any atom is -0.311 e. The molecule has 2 saturated heterocycles. The Morgan fingerprint density at radius 1 is 1.27 bits per heavy atom. The van der Waals surface area contributed by atoms with Crippen LogP contribution in [0, 0.1) is 5.92 Å². The number of nitrogens with one attached hydrogen (secondary N) is 3. The van der Waals surface area contributed by atoms with Gasteiger partial charge in [0, 0.05) is 18.5 Å². The summed E-state index contributed by atoms with van der Waals surface area (Å²) in [6, 6.07) is 1.12. The molecule has 0 saturated carbocycles. The molecule has 2 bridgehead atoms. The molecular formula is C12H19N5O3S2. The highest BCUT2D eigenvalue weighted by Gasteiger charge is 2.34. The average molecular weight is 345 g/mol. The highest BCUT2D eigenvalue weighted by Crippen LogP contribution is 2.33. The Morgan fingerprint density at radius 2 is 1.91 bits per heavy atom. The van der Waals surface area contributed by atoms with Gasteiger partial charge in [0.1, 0.15) is 0 Å². The number of piperidine rings is 1. The van der Waals surface area contributed by atoms with E-state index in [1.807, 2.05) is 0 Å². The Balaban J connectivity index is 1.51. The van der Waals surface area contributed by atoms with Crippen molar-refractivity contribution in [2.75, 3.05) is 16.3 Å². The van der Waals surface area contributed by atoms with Crippen molar-refractivity contribution >= 4 is 37.5 Å². The molecule has 10 heteroatoms. The quantitative estimate of drug-likeness (QED) is 0.726. The van der Waals surface area contributed by atoms with E-state index in [2.05, 4.69) is 25.6 Å². The van der Waals surface area contributed by atoms with Gasteiger partial charge < -0.3 is 10.6 Å². The molecule has 2 aliphatic heterocycles. The lowest BCUT2D eigenvalue weighted by molar-refractivity contribution is -0.117. The summed E-state index contributed by atoms with van der Waals surface area (Å²) in [7, 11) is -3.38. The number of fused-ring (bicyclic) bond motifs is 2. The molecular weight excluding hydrogens is 326 g/mol. The van der Waals surface area contributed by atoms with Gasteiger partial charge in [-0.05, 0) is 31.6 Å². The van der Waals surface area contributed by atoms with E-state index in [-0.39, 0.29) is 11.0 Å². The SMILES string of the molecule is CS(=O)(=O)Nc1nnc(NC(=O)CC2CC3CCC(C2)N3)s1. The summed E-state index contributed by atoms with van der Waals surface area (Å²) in [5.74, 6) is 0.314. The summed E-state index contributed by atoms with van der Waals surface area (Å²) >= 11 is 1.01. The van der Waals surface area contributed by atoms with Crippen LogP contribution in [0.5, 0.6) is 0 Å². The van der Waals surface area contributed by atoms with Gasteiger partial charge in [-0.2, -0.15) is 0 Å². The highest BCUT2D eigenvalue weighted by molar-refractivity contribution is 7.92. The van der Waals surface area contributed by atoms with Crippen molar-refractivity contribution < 1.29 is 13.2 Å². The number of hydrogen-bond acceptors (Lipinski definition) is 7. The molecule has 3 rings (SSSR count).